The van der Waals surface area contributed by atoms with Gasteiger partial charge in [0.15, 0.2) is 5.65 Å². The highest BCUT2D eigenvalue weighted by atomic mass is 16.5. The van der Waals surface area contributed by atoms with E-state index < -0.39 is 0 Å². The van der Waals surface area contributed by atoms with E-state index in [9.17, 15) is 4.79 Å². The molecule has 0 aliphatic rings. The van der Waals surface area contributed by atoms with E-state index >= 15 is 0 Å². The van der Waals surface area contributed by atoms with Crippen molar-refractivity contribution in [2.75, 3.05) is 49.7 Å². The lowest BCUT2D eigenvalue weighted by atomic mass is 10.1. The number of anilines is 3. The molecule has 0 aliphatic carbocycles. The van der Waals surface area contributed by atoms with Crippen LogP contribution >= 0.6 is 0 Å². The number of fused-ring (bicyclic) bond motifs is 1. The number of amides is 2. The maximum Gasteiger partial charge on any atom is 0.323 e. The molecular formula is C32H35N7O2. The van der Waals surface area contributed by atoms with E-state index in [0.717, 1.165) is 71.2 Å². The summed E-state index contributed by atoms with van der Waals surface area (Å²) >= 11 is 0. The van der Waals surface area contributed by atoms with Crippen molar-refractivity contribution >= 4 is 34.3 Å². The van der Waals surface area contributed by atoms with E-state index in [1.54, 1.807) is 6.20 Å². The zero-order valence-corrected chi connectivity index (χ0v) is 23.4. The lowest BCUT2D eigenvalue weighted by Gasteiger charge is -2.10. The molecule has 0 saturated carbocycles. The van der Waals surface area contributed by atoms with Crippen LogP contribution in [0.2, 0.25) is 0 Å². The largest absolute Gasteiger partial charge is 0.494 e. The normalized spacial score (nSPS) is 11.0. The second-order valence-corrected chi connectivity index (χ2v) is 9.99. The highest BCUT2D eigenvalue weighted by Gasteiger charge is 2.10. The molecule has 0 atom stereocenters. The SMILES string of the molecule is CN(C)CCCOc1ccc(-c2nc3nccc(NCCc4ccc(NC(=O)Nc5ccccc5)cc4)c3[nH]2)cc1. The summed E-state index contributed by atoms with van der Waals surface area (Å²) in [5.74, 6) is 1.61. The zero-order valence-electron chi connectivity index (χ0n) is 23.4. The van der Waals surface area contributed by atoms with Crippen molar-refractivity contribution in [2.24, 2.45) is 0 Å². The number of para-hydroxylation sites is 1. The van der Waals surface area contributed by atoms with E-state index in [2.05, 4.69) is 44.9 Å². The van der Waals surface area contributed by atoms with E-state index in [4.69, 9.17) is 9.72 Å². The first-order valence-corrected chi connectivity index (χ1v) is 13.7. The van der Waals surface area contributed by atoms with Crippen LogP contribution in [0.15, 0.2) is 91.1 Å². The predicted octanol–water partition coefficient (Wildman–Crippen LogP) is 6.25. The number of benzene rings is 3. The van der Waals surface area contributed by atoms with Crippen molar-refractivity contribution in [3.8, 4) is 17.1 Å². The molecule has 0 fully saturated rings. The summed E-state index contributed by atoms with van der Waals surface area (Å²) in [5, 5.41) is 9.19. The maximum absolute atomic E-state index is 12.2. The number of imidazole rings is 1. The molecule has 41 heavy (non-hydrogen) atoms. The molecule has 5 rings (SSSR count). The molecule has 0 radical (unpaired) electrons. The van der Waals surface area contributed by atoms with Crippen LogP contribution in [0.5, 0.6) is 5.75 Å². The van der Waals surface area contributed by atoms with Crippen LogP contribution in [-0.4, -0.2) is 59.7 Å². The van der Waals surface area contributed by atoms with Crippen molar-refractivity contribution in [1.82, 2.24) is 19.9 Å². The summed E-state index contributed by atoms with van der Waals surface area (Å²) in [4.78, 5) is 26.9. The molecule has 2 aromatic heterocycles. The molecule has 9 nitrogen and oxygen atoms in total. The van der Waals surface area contributed by atoms with Gasteiger partial charge >= 0.3 is 6.03 Å². The Balaban J connectivity index is 1.14. The first-order chi connectivity index (χ1) is 20.0. The Labute approximate surface area is 240 Å². The number of ether oxygens (including phenoxy) is 1. The fourth-order valence-electron chi connectivity index (χ4n) is 4.39. The average Bonchev–Trinajstić information content (AvgIpc) is 3.42. The van der Waals surface area contributed by atoms with Gasteiger partial charge in [0.2, 0.25) is 0 Å². The minimum Gasteiger partial charge on any atom is -0.494 e. The number of nitrogens with one attached hydrogen (secondary N) is 4. The fraction of sp³-hybridized carbons (Fsp3) is 0.219. The molecule has 210 valence electrons. The monoisotopic (exact) mass is 549 g/mol. The summed E-state index contributed by atoms with van der Waals surface area (Å²) in [6, 6.07) is 26.9. The van der Waals surface area contributed by atoms with Crippen LogP contribution in [-0.2, 0) is 6.42 Å². The second-order valence-electron chi connectivity index (χ2n) is 9.99. The molecular weight excluding hydrogens is 514 g/mol. The van der Waals surface area contributed by atoms with Gasteiger partial charge in [0, 0.05) is 36.2 Å². The number of carbonyl (C=O) groups is 1. The van der Waals surface area contributed by atoms with Crippen molar-refractivity contribution < 1.29 is 9.53 Å². The van der Waals surface area contributed by atoms with Gasteiger partial charge in [0.05, 0.1) is 12.3 Å². The van der Waals surface area contributed by atoms with Gasteiger partial charge in [-0.15, -0.1) is 0 Å². The van der Waals surface area contributed by atoms with Crippen LogP contribution in [0.25, 0.3) is 22.6 Å². The van der Waals surface area contributed by atoms with Gasteiger partial charge in [-0.05, 0) is 87.1 Å². The predicted molar refractivity (Wildman–Crippen MR) is 166 cm³/mol. The smallest absolute Gasteiger partial charge is 0.323 e. The standard InChI is InChI=1S/C32H35N7O2/c1-39(2)21-6-22-41-27-15-11-24(12-16-27)30-37-29-28(18-20-34-31(29)38-30)33-19-17-23-9-13-26(14-10-23)36-32(40)35-25-7-4-3-5-8-25/h3-5,7-16,18,20H,6,17,19,21-22H2,1-2H3,(H2,35,36,40)(H2,33,34,37,38). The fourth-order valence-corrected chi connectivity index (χ4v) is 4.39. The minimum atomic E-state index is -0.272. The first kappa shape index (κ1) is 27.7. The Morgan fingerprint density at radius 3 is 2.37 bits per heavy atom. The number of hydrogen-bond acceptors (Lipinski definition) is 6. The Morgan fingerprint density at radius 2 is 1.63 bits per heavy atom. The third-order valence-corrected chi connectivity index (χ3v) is 6.51. The topological polar surface area (TPSA) is 107 Å². The van der Waals surface area contributed by atoms with Gasteiger partial charge in [-0.3, -0.25) is 0 Å². The third-order valence-electron chi connectivity index (χ3n) is 6.51. The minimum absolute atomic E-state index is 0.272. The van der Waals surface area contributed by atoms with E-state index in [0.29, 0.717) is 12.3 Å². The van der Waals surface area contributed by atoms with Crippen molar-refractivity contribution in [3.05, 3.63) is 96.7 Å². The first-order valence-electron chi connectivity index (χ1n) is 13.7. The molecule has 2 heterocycles. The Bertz CT molecular complexity index is 1550. The summed E-state index contributed by atoms with van der Waals surface area (Å²) in [7, 11) is 4.12. The molecule has 4 N–H and O–H groups in total. The number of rotatable bonds is 12. The maximum atomic E-state index is 12.2. The Kier molecular flexibility index (Phi) is 9.08. The Morgan fingerprint density at radius 1 is 0.902 bits per heavy atom. The zero-order chi connectivity index (χ0) is 28.4. The number of pyridine rings is 1. The molecule has 9 heteroatoms. The average molecular weight is 550 g/mol. The van der Waals surface area contributed by atoms with E-state index in [1.165, 1.54) is 0 Å². The molecule has 2 amide bonds. The number of aromatic amines is 1. The molecule has 3 aromatic carbocycles. The third kappa shape index (κ3) is 7.83. The summed E-state index contributed by atoms with van der Waals surface area (Å²) in [6.07, 6.45) is 3.56. The number of hydrogen-bond donors (Lipinski definition) is 4. The number of nitrogens with zero attached hydrogens (tertiary/aromatic N) is 3. The van der Waals surface area contributed by atoms with Gasteiger partial charge in [-0.1, -0.05) is 30.3 Å². The number of urea groups is 1. The van der Waals surface area contributed by atoms with Crippen molar-refractivity contribution in [1.29, 1.82) is 0 Å². The van der Waals surface area contributed by atoms with E-state index in [-0.39, 0.29) is 6.03 Å². The van der Waals surface area contributed by atoms with Crippen molar-refractivity contribution in [3.63, 3.8) is 0 Å². The van der Waals surface area contributed by atoms with Crippen molar-refractivity contribution in [2.45, 2.75) is 12.8 Å². The quantitative estimate of drug-likeness (QED) is 0.137. The molecule has 5 aromatic rings. The van der Waals surface area contributed by atoms with E-state index in [1.807, 2.05) is 84.9 Å². The van der Waals surface area contributed by atoms with Crippen LogP contribution in [0.1, 0.15) is 12.0 Å². The summed E-state index contributed by atoms with van der Waals surface area (Å²) < 4.78 is 5.85. The summed E-state index contributed by atoms with van der Waals surface area (Å²) in [6.45, 7) is 2.42. The number of H-pyrrole nitrogens is 1. The molecule has 0 saturated heterocycles. The lowest BCUT2D eigenvalue weighted by Crippen LogP contribution is -2.19. The number of aromatic nitrogens is 3. The van der Waals surface area contributed by atoms with Gasteiger partial charge in [-0.2, -0.15) is 0 Å². The molecule has 0 aliphatic heterocycles. The number of carbonyl (C=O) groups excluding carboxylic acids is 1. The second kappa shape index (κ2) is 13.5. The van der Waals surface area contributed by atoms with Gasteiger partial charge in [-0.25, -0.2) is 14.8 Å². The van der Waals surface area contributed by atoms with Gasteiger partial charge < -0.3 is 30.6 Å². The van der Waals surface area contributed by atoms with Crippen LogP contribution in [0, 0.1) is 0 Å². The highest BCUT2D eigenvalue weighted by Crippen LogP contribution is 2.26. The van der Waals surface area contributed by atoms with Gasteiger partial charge in [0.1, 0.15) is 17.1 Å². The van der Waals surface area contributed by atoms with Crippen LogP contribution in [0.3, 0.4) is 0 Å². The Hall–Kier alpha value is -4.89. The lowest BCUT2D eigenvalue weighted by molar-refractivity contribution is 0.262. The highest BCUT2D eigenvalue weighted by molar-refractivity contribution is 5.99. The molecule has 0 spiro atoms. The van der Waals surface area contributed by atoms with Crippen LogP contribution in [0.4, 0.5) is 21.9 Å². The molecule has 0 bridgehead atoms. The summed E-state index contributed by atoms with van der Waals surface area (Å²) in [5.41, 5.74) is 6.10. The molecule has 0 unspecified atom stereocenters. The van der Waals surface area contributed by atoms with Crippen LogP contribution < -0.4 is 20.7 Å². The van der Waals surface area contributed by atoms with Gasteiger partial charge in [0.25, 0.3) is 0 Å².